The van der Waals surface area contributed by atoms with Gasteiger partial charge in [0.05, 0.1) is 0 Å². The van der Waals surface area contributed by atoms with Gasteiger partial charge < -0.3 is 20.7 Å². The second kappa shape index (κ2) is 8.54. The van der Waals surface area contributed by atoms with E-state index in [4.69, 9.17) is 5.73 Å². The van der Waals surface area contributed by atoms with Crippen LogP contribution in [0.1, 0.15) is 6.42 Å². The smallest absolute Gasteiger partial charge is 0.406 e. The third-order valence-electron chi connectivity index (χ3n) is 4.43. The summed E-state index contributed by atoms with van der Waals surface area (Å²) in [6.45, 7) is 1.75. The molecule has 0 amide bonds. The summed E-state index contributed by atoms with van der Waals surface area (Å²) in [5.41, 5.74) is 6.91. The molecule has 0 radical (unpaired) electrons. The number of rotatable bonds is 5. The summed E-state index contributed by atoms with van der Waals surface area (Å²) in [4.78, 5) is 6.20. The van der Waals surface area contributed by atoms with Gasteiger partial charge in [-0.15, -0.1) is 13.2 Å². The molecule has 1 unspecified atom stereocenters. The van der Waals surface area contributed by atoms with Crippen molar-refractivity contribution in [2.75, 3.05) is 29.9 Å². The van der Waals surface area contributed by atoms with Crippen molar-refractivity contribution < 1.29 is 26.7 Å². The van der Waals surface area contributed by atoms with E-state index in [0.29, 0.717) is 31.0 Å². The molecule has 0 saturated carbocycles. The lowest BCUT2D eigenvalue weighted by molar-refractivity contribution is -0.274. The van der Waals surface area contributed by atoms with E-state index >= 15 is 0 Å². The number of nitrogens with zero attached hydrogens (tertiary/aromatic N) is 2. The third kappa shape index (κ3) is 5.97. The van der Waals surface area contributed by atoms with Gasteiger partial charge in [-0.3, -0.25) is 4.99 Å². The van der Waals surface area contributed by atoms with Crippen LogP contribution in [-0.4, -0.2) is 32.0 Å². The van der Waals surface area contributed by atoms with Gasteiger partial charge in [0.1, 0.15) is 5.75 Å². The summed E-state index contributed by atoms with van der Waals surface area (Å²) in [7, 11) is 0. The molecular weight excluding hydrogens is 395 g/mol. The maximum atomic E-state index is 13.4. The van der Waals surface area contributed by atoms with Crippen molar-refractivity contribution in [2.24, 2.45) is 16.6 Å². The van der Waals surface area contributed by atoms with Crippen molar-refractivity contribution >= 4 is 17.3 Å². The molecule has 156 valence electrons. The highest BCUT2D eigenvalue weighted by atomic mass is 19.4. The molecule has 2 aromatic rings. The number of nitrogens with two attached hydrogens (primary N) is 1. The first kappa shape index (κ1) is 20.7. The zero-order valence-corrected chi connectivity index (χ0v) is 15.2. The second-order valence-corrected chi connectivity index (χ2v) is 6.62. The summed E-state index contributed by atoms with van der Waals surface area (Å²) in [5, 5.41) is 2.80. The molecule has 0 bridgehead atoms. The molecule has 0 spiro atoms. The van der Waals surface area contributed by atoms with E-state index in [1.807, 2.05) is 4.90 Å². The average molecular weight is 414 g/mol. The van der Waals surface area contributed by atoms with Crippen molar-refractivity contribution in [1.29, 1.82) is 0 Å². The van der Waals surface area contributed by atoms with Crippen LogP contribution in [0.15, 0.2) is 47.5 Å². The lowest BCUT2D eigenvalue weighted by Crippen LogP contribution is -2.25. The van der Waals surface area contributed by atoms with Crippen molar-refractivity contribution in [2.45, 2.75) is 12.8 Å². The summed E-state index contributed by atoms with van der Waals surface area (Å²) in [6, 6.07) is 8.92. The minimum absolute atomic E-state index is 0.126. The van der Waals surface area contributed by atoms with Crippen LogP contribution >= 0.6 is 0 Å². The van der Waals surface area contributed by atoms with Gasteiger partial charge in [0.2, 0.25) is 0 Å². The molecule has 0 aromatic heterocycles. The Morgan fingerprint density at radius 3 is 2.52 bits per heavy atom. The molecule has 10 heteroatoms. The molecule has 3 N–H and O–H groups in total. The number of hydrogen-bond acceptors (Lipinski definition) is 3. The Labute approximate surface area is 164 Å². The number of ether oxygens (including phenoxy) is 1. The maximum absolute atomic E-state index is 13.4. The molecule has 1 fully saturated rings. The lowest BCUT2D eigenvalue weighted by atomic mass is 10.1. The standard InChI is InChI=1S/C19H19F5N4O/c20-16-6-3-14(9-17(16)21)28-8-7-12(11-28)10-26-18(25)27-13-1-4-15(5-2-13)29-19(22,23)24/h1-6,9,12H,7-8,10-11H2,(H3,25,26,27). The Bertz CT molecular complexity index is 870. The number of nitrogens with one attached hydrogen (secondary N) is 1. The van der Waals surface area contributed by atoms with Crippen LogP contribution in [0.25, 0.3) is 0 Å². The fourth-order valence-corrected chi connectivity index (χ4v) is 3.05. The normalized spacial score (nSPS) is 17.5. The summed E-state index contributed by atoms with van der Waals surface area (Å²) >= 11 is 0. The van der Waals surface area contributed by atoms with E-state index in [9.17, 15) is 22.0 Å². The third-order valence-corrected chi connectivity index (χ3v) is 4.43. The summed E-state index contributed by atoms with van der Waals surface area (Å²) < 4.78 is 66.7. The van der Waals surface area contributed by atoms with Crippen LogP contribution in [0.5, 0.6) is 5.75 Å². The molecule has 1 aliphatic rings. The number of guanidine groups is 1. The highest BCUT2D eigenvalue weighted by Gasteiger charge is 2.31. The van der Waals surface area contributed by atoms with Crippen molar-refractivity contribution in [3.8, 4) is 5.75 Å². The topological polar surface area (TPSA) is 62.9 Å². The van der Waals surface area contributed by atoms with Crippen molar-refractivity contribution in [3.05, 3.63) is 54.1 Å². The van der Waals surface area contributed by atoms with Gasteiger partial charge in [-0.05, 0) is 48.7 Å². The highest BCUT2D eigenvalue weighted by Crippen LogP contribution is 2.26. The molecule has 3 rings (SSSR count). The Morgan fingerprint density at radius 2 is 1.86 bits per heavy atom. The SMILES string of the molecule is NC(=NCC1CCN(c2ccc(F)c(F)c2)C1)Nc1ccc(OC(F)(F)F)cc1. The van der Waals surface area contributed by atoms with Crippen LogP contribution < -0.4 is 20.7 Å². The molecular formula is C19H19F5N4O. The fourth-order valence-electron chi connectivity index (χ4n) is 3.05. The Hall–Kier alpha value is -3.04. The van der Waals surface area contributed by atoms with E-state index in [0.717, 1.165) is 12.5 Å². The maximum Gasteiger partial charge on any atom is 0.573 e. The number of benzene rings is 2. The van der Waals surface area contributed by atoms with E-state index in [1.165, 1.54) is 36.4 Å². The number of anilines is 2. The van der Waals surface area contributed by atoms with Gasteiger partial charge >= 0.3 is 6.36 Å². The monoisotopic (exact) mass is 414 g/mol. The van der Waals surface area contributed by atoms with Gasteiger partial charge in [0, 0.05) is 37.1 Å². The molecule has 5 nitrogen and oxygen atoms in total. The number of hydrogen-bond donors (Lipinski definition) is 2. The first-order valence-electron chi connectivity index (χ1n) is 8.82. The molecule has 0 aliphatic carbocycles. The van der Waals surface area contributed by atoms with Crippen LogP contribution in [0.3, 0.4) is 0 Å². The van der Waals surface area contributed by atoms with Gasteiger partial charge in [-0.1, -0.05) is 0 Å². The Kier molecular flexibility index (Phi) is 6.09. The van der Waals surface area contributed by atoms with Crippen LogP contribution in [-0.2, 0) is 0 Å². The molecule has 29 heavy (non-hydrogen) atoms. The van der Waals surface area contributed by atoms with E-state index < -0.39 is 18.0 Å². The summed E-state index contributed by atoms with van der Waals surface area (Å²) in [5.74, 6) is -1.79. The average Bonchev–Trinajstić information content (AvgIpc) is 3.12. The minimum Gasteiger partial charge on any atom is -0.406 e. The molecule has 1 aliphatic heterocycles. The van der Waals surface area contributed by atoms with Gasteiger partial charge in [-0.2, -0.15) is 0 Å². The van der Waals surface area contributed by atoms with Crippen molar-refractivity contribution in [1.82, 2.24) is 0 Å². The van der Waals surface area contributed by atoms with Crippen LogP contribution in [0.2, 0.25) is 0 Å². The molecule has 2 aromatic carbocycles. The predicted octanol–water partition coefficient (Wildman–Crippen LogP) is 4.12. The van der Waals surface area contributed by atoms with Gasteiger partial charge in [-0.25, -0.2) is 8.78 Å². The molecule has 1 saturated heterocycles. The Morgan fingerprint density at radius 1 is 1.14 bits per heavy atom. The van der Waals surface area contributed by atoms with Crippen LogP contribution in [0, 0.1) is 17.6 Å². The lowest BCUT2D eigenvalue weighted by Gasteiger charge is -2.18. The predicted molar refractivity (Wildman–Crippen MR) is 99.9 cm³/mol. The number of aliphatic imine (C=N–C) groups is 1. The Balaban J connectivity index is 1.50. The molecule has 1 atom stereocenters. The fraction of sp³-hybridized carbons (Fsp3) is 0.316. The highest BCUT2D eigenvalue weighted by molar-refractivity contribution is 5.92. The zero-order valence-electron chi connectivity index (χ0n) is 15.2. The van der Waals surface area contributed by atoms with Gasteiger partial charge in [0.25, 0.3) is 0 Å². The quantitative estimate of drug-likeness (QED) is 0.439. The number of halogens is 5. The van der Waals surface area contributed by atoms with E-state index in [1.54, 1.807) is 0 Å². The largest absolute Gasteiger partial charge is 0.573 e. The molecule has 1 heterocycles. The minimum atomic E-state index is -4.75. The van der Waals surface area contributed by atoms with Crippen molar-refractivity contribution in [3.63, 3.8) is 0 Å². The first-order valence-corrected chi connectivity index (χ1v) is 8.82. The van der Waals surface area contributed by atoms with Crippen LogP contribution in [0.4, 0.5) is 33.3 Å². The summed E-state index contributed by atoms with van der Waals surface area (Å²) in [6.07, 6.45) is -3.93. The first-order chi connectivity index (χ1) is 13.7. The van der Waals surface area contributed by atoms with E-state index in [2.05, 4.69) is 15.0 Å². The van der Waals surface area contributed by atoms with Gasteiger partial charge in [0.15, 0.2) is 17.6 Å². The number of alkyl halides is 3. The zero-order chi connectivity index (χ0) is 21.0. The second-order valence-electron chi connectivity index (χ2n) is 6.62. The van der Waals surface area contributed by atoms with E-state index in [-0.39, 0.29) is 17.6 Å².